The Labute approximate surface area is 424 Å². The third-order valence-corrected chi connectivity index (χ3v) is 12.6. The topological polar surface area (TPSA) is 353 Å². The molecule has 7 atom stereocenters. The van der Waals surface area contributed by atoms with Gasteiger partial charge in [-0.1, -0.05) is 94.3 Å². The van der Waals surface area contributed by atoms with Gasteiger partial charge in [0.2, 0.25) is 65.0 Å². The van der Waals surface area contributed by atoms with Gasteiger partial charge in [-0.25, -0.2) is 0 Å². The number of nitrogens with one attached hydrogen (secondary N) is 7. The summed E-state index contributed by atoms with van der Waals surface area (Å²) in [6, 6.07) is 7.72. The van der Waals surface area contributed by atoms with Gasteiger partial charge in [0.15, 0.2) is 0 Å². The Balaban J connectivity index is 2.11. The predicted molar refractivity (Wildman–Crippen MR) is 268 cm³/mol. The third-order valence-electron chi connectivity index (χ3n) is 11.6. The molecular weight excluding hydrogens is 951 g/mol. The maximum atomic E-state index is 14.9. The van der Waals surface area contributed by atoms with Crippen LogP contribution < -0.4 is 54.4 Å². The predicted octanol–water partition coefficient (Wildman–Crippen LogP) is -1.16. The summed E-state index contributed by atoms with van der Waals surface area (Å²) in [4.78, 5) is 149. The lowest BCUT2D eigenvalue weighted by atomic mass is 9.96. The molecule has 0 saturated carbocycles. The Bertz CT molecular complexity index is 2250. The fourth-order valence-corrected chi connectivity index (χ4v) is 8.59. The van der Waals surface area contributed by atoms with Gasteiger partial charge in [-0.3, -0.25) is 52.7 Å². The highest BCUT2D eigenvalue weighted by Gasteiger charge is 2.36. The van der Waals surface area contributed by atoms with Crippen LogP contribution >= 0.6 is 11.8 Å². The molecule has 2 aromatic rings. The molecule has 0 radical (unpaired) electrons. The van der Waals surface area contributed by atoms with Crippen molar-refractivity contribution in [2.45, 2.75) is 129 Å². The molecule has 1 fully saturated rings. The van der Waals surface area contributed by atoms with Gasteiger partial charge in [0.1, 0.15) is 36.3 Å². The molecule has 2 aromatic carbocycles. The van der Waals surface area contributed by atoms with E-state index in [0.29, 0.717) is 17.5 Å². The van der Waals surface area contributed by atoms with Gasteiger partial charge in [0.25, 0.3) is 0 Å². The Hall–Kier alpha value is -7.04. The van der Waals surface area contributed by atoms with Crippen LogP contribution in [-0.4, -0.2) is 131 Å². The summed E-state index contributed by atoms with van der Waals surface area (Å²) < 4.78 is 0. The first kappa shape index (κ1) is 59.3. The van der Waals surface area contributed by atoms with Crippen LogP contribution in [0.1, 0.15) is 89.3 Å². The number of thioether (sulfide) groups is 1. The SMILES string of the molecule is CC[C@H](C)[C@@H]1NC(=O)[C@H](Cc2ccccc2)NC(=O)CCSCC[C@@H](C(=O)N(CC(=O)N[C@@H](CC(C)C)C(=O)NCC(N)=O)Cc2cccc(C)c2)NC(=O)[C@H](CC(N)=O)NC(=O)[C@H](CCC(N)=O)NC1=O. The van der Waals surface area contributed by atoms with E-state index in [1.807, 2.05) is 26.8 Å². The minimum Gasteiger partial charge on any atom is -0.370 e. The second kappa shape index (κ2) is 30.0. The minimum absolute atomic E-state index is 0.0622. The number of nitrogens with zero attached hydrogens (tertiary/aromatic N) is 1. The van der Waals surface area contributed by atoms with E-state index in [-0.39, 0.29) is 56.1 Å². The third kappa shape index (κ3) is 21.1. The molecule has 13 N–H and O–H groups in total. The van der Waals surface area contributed by atoms with E-state index < -0.39 is 133 Å². The van der Waals surface area contributed by atoms with Crippen LogP contribution in [0, 0.1) is 18.8 Å². The zero-order valence-electron chi connectivity index (χ0n) is 41.6. The van der Waals surface area contributed by atoms with Crippen LogP contribution in [0.2, 0.25) is 0 Å². The summed E-state index contributed by atoms with van der Waals surface area (Å²) in [5.41, 5.74) is 18.4. The molecule has 0 spiro atoms. The molecular formula is C49H71N11O11S. The molecule has 0 aliphatic carbocycles. The van der Waals surface area contributed by atoms with Crippen molar-refractivity contribution >= 4 is 76.7 Å². The van der Waals surface area contributed by atoms with E-state index in [2.05, 4.69) is 37.2 Å². The molecule has 0 unspecified atom stereocenters. The van der Waals surface area contributed by atoms with E-state index in [1.165, 1.54) is 16.7 Å². The normalized spacial score (nSPS) is 20.5. The Morgan fingerprint density at radius 3 is 2.03 bits per heavy atom. The summed E-state index contributed by atoms with van der Waals surface area (Å²) in [5, 5.41) is 18.2. The number of aryl methyl sites for hydroxylation is 1. The average molecular weight is 1020 g/mol. The summed E-state index contributed by atoms with van der Waals surface area (Å²) in [7, 11) is 0. The molecule has 22 nitrogen and oxygen atoms in total. The van der Waals surface area contributed by atoms with Crippen LogP contribution in [0.25, 0.3) is 0 Å². The lowest BCUT2D eigenvalue weighted by Crippen LogP contribution is -2.61. The van der Waals surface area contributed by atoms with Crippen molar-refractivity contribution in [3.05, 3.63) is 71.3 Å². The van der Waals surface area contributed by atoms with Gasteiger partial charge in [-0.05, 0) is 54.9 Å². The minimum atomic E-state index is -1.74. The molecule has 23 heteroatoms. The number of nitrogens with two attached hydrogens (primary N) is 3. The number of hydrogen-bond donors (Lipinski definition) is 10. The number of amides is 11. The summed E-state index contributed by atoms with van der Waals surface area (Å²) in [5.74, 6) is -9.24. The van der Waals surface area contributed by atoms with E-state index in [9.17, 15) is 52.7 Å². The second-order valence-corrected chi connectivity index (χ2v) is 19.5. The van der Waals surface area contributed by atoms with E-state index in [0.717, 1.165) is 5.56 Å². The first-order valence-electron chi connectivity index (χ1n) is 23.9. The number of rotatable bonds is 20. The number of primary amides is 3. The number of hydrogen-bond acceptors (Lipinski definition) is 12. The molecule has 1 aliphatic heterocycles. The average Bonchev–Trinajstić information content (AvgIpc) is 3.31. The first-order valence-corrected chi connectivity index (χ1v) is 25.1. The standard InChI is InChI=1S/C49H71N11O11S/c1-6-30(5)43-48(70)56-33(15-16-38(50)61)45(67)58-37(24-39(51)62)46(68)57-34(17-19-72-20-18-41(64)54-36(47(69)59-43)23-31-12-8-7-9-13-31)49(71)60(26-32-14-10-11-29(4)22-32)27-42(65)55-35(21-28(2)3)44(66)53-25-40(52)63/h7-14,22,28,30,33-37,43H,6,15-21,23-27H2,1-5H3,(H2,50,61)(H2,51,62)(H2,52,63)(H,53,66)(H,54,64)(H,55,65)(H,56,70)(H,57,68)(H,58,67)(H,59,69)/t30-,33-,34-,35-,36-,37-,43-/m0/s1. The van der Waals surface area contributed by atoms with Gasteiger partial charge in [0, 0.05) is 31.6 Å². The lowest BCUT2D eigenvalue weighted by Gasteiger charge is -2.30. The number of carbonyl (C=O) groups is 11. The Morgan fingerprint density at radius 1 is 0.750 bits per heavy atom. The number of carbonyl (C=O) groups excluding carboxylic acids is 11. The van der Waals surface area contributed by atoms with Gasteiger partial charge in [-0.15, -0.1) is 0 Å². The van der Waals surface area contributed by atoms with Crippen molar-refractivity contribution in [2.24, 2.45) is 29.0 Å². The monoisotopic (exact) mass is 1020 g/mol. The van der Waals surface area contributed by atoms with Crippen molar-refractivity contribution in [3.63, 3.8) is 0 Å². The van der Waals surface area contributed by atoms with E-state index in [4.69, 9.17) is 17.2 Å². The quantitative estimate of drug-likeness (QED) is 0.0751. The van der Waals surface area contributed by atoms with Crippen molar-refractivity contribution in [2.75, 3.05) is 24.6 Å². The van der Waals surface area contributed by atoms with Crippen LogP contribution in [0.4, 0.5) is 0 Å². The smallest absolute Gasteiger partial charge is 0.245 e. The van der Waals surface area contributed by atoms with E-state index >= 15 is 0 Å². The molecule has 1 saturated heterocycles. The van der Waals surface area contributed by atoms with Crippen LogP contribution in [0.15, 0.2) is 54.6 Å². The zero-order valence-corrected chi connectivity index (χ0v) is 42.4. The summed E-state index contributed by atoms with van der Waals surface area (Å²) in [6.07, 6.45) is -1.15. The maximum Gasteiger partial charge on any atom is 0.245 e. The largest absolute Gasteiger partial charge is 0.370 e. The van der Waals surface area contributed by atoms with Crippen LogP contribution in [0.5, 0.6) is 0 Å². The lowest BCUT2D eigenvalue weighted by molar-refractivity contribution is -0.141. The fourth-order valence-electron chi connectivity index (χ4n) is 7.66. The summed E-state index contributed by atoms with van der Waals surface area (Å²) in [6.45, 7) is 7.68. The highest BCUT2D eigenvalue weighted by Crippen LogP contribution is 2.16. The number of benzene rings is 2. The van der Waals surface area contributed by atoms with Crippen LogP contribution in [0.3, 0.4) is 0 Å². The fraction of sp³-hybridized carbons (Fsp3) is 0.531. The zero-order chi connectivity index (χ0) is 53.5. The van der Waals surface area contributed by atoms with Crippen molar-refractivity contribution in [3.8, 4) is 0 Å². The molecule has 11 amide bonds. The Kier molecular flexibility index (Phi) is 24.7. The van der Waals surface area contributed by atoms with Gasteiger partial charge < -0.3 is 59.3 Å². The molecule has 72 heavy (non-hydrogen) atoms. The molecule has 0 aromatic heterocycles. The molecule has 1 heterocycles. The van der Waals surface area contributed by atoms with Gasteiger partial charge in [0.05, 0.1) is 19.5 Å². The van der Waals surface area contributed by atoms with Crippen molar-refractivity contribution < 1.29 is 52.7 Å². The molecule has 0 bridgehead atoms. The molecule has 1 aliphatic rings. The van der Waals surface area contributed by atoms with Crippen molar-refractivity contribution in [1.82, 2.24) is 42.1 Å². The van der Waals surface area contributed by atoms with Gasteiger partial charge in [-0.2, -0.15) is 11.8 Å². The second-order valence-electron chi connectivity index (χ2n) is 18.3. The summed E-state index contributed by atoms with van der Waals surface area (Å²) >= 11 is 1.24. The van der Waals surface area contributed by atoms with Crippen molar-refractivity contribution in [1.29, 1.82) is 0 Å². The highest BCUT2D eigenvalue weighted by atomic mass is 32.2. The maximum absolute atomic E-state index is 14.9. The molecule has 394 valence electrons. The molecule has 3 rings (SSSR count). The Morgan fingerprint density at radius 2 is 1.40 bits per heavy atom. The van der Waals surface area contributed by atoms with Crippen LogP contribution in [-0.2, 0) is 65.7 Å². The first-order chi connectivity index (χ1) is 34.1. The van der Waals surface area contributed by atoms with E-state index in [1.54, 1.807) is 62.4 Å². The highest BCUT2D eigenvalue weighted by molar-refractivity contribution is 7.99. The van der Waals surface area contributed by atoms with Gasteiger partial charge >= 0.3 is 0 Å².